The number of carbonyl (C=O) groups is 3. The highest BCUT2D eigenvalue weighted by atomic mass is 32.1. The van der Waals surface area contributed by atoms with E-state index in [-0.39, 0.29) is 23.2 Å². The standard InChI is InChI=1S/C31H23N3O3S/c1-18-17-25-31(20-10-3-4-11-21(20)33-30(31)37)26(28(35)22-12-6-7-15-32-22)27(29(36)24-14-8-16-38-24)34(25)23-13-5-2-9-19(18)23/h2-17,25-27H,1H3,(H,33,37)/t25-,26+,27-,31+/m0/s1. The van der Waals surface area contributed by atoms with Gasteiger partial charge in [0.2, 0.25) is 5.91 Å². The van der Waals surface area contributed by atoms with Gasteiger partial charge >= 0.3 is 0 Å². The minimum absolute atomic E-state index is 0.170. The van der Waals surface area contributed by atoms with E-state index in [9.17, 15) is 14.4 Å². The van der Waals surface area contributed by atoms with Crippen molar-refractivity contribution in [2.75, 3.05) is 10.2 Å². The Bertz CT molecular complexity index is 1650. The van der Waals surface area contributed by atoms with E-state index in [4.69, 9.17) is 0 Å². The van der Waals surface area contributed by atoms with Crippen LogP contribution < -0.4 is 10.2 Å². The lowest BCUT2D eigenvalue weighted by molar-refractivity contribution is -0.121. The van der Waals surface area contributed by atoms with Crippen LogP contribution in [-0.4, -0.2) is 34.5 Å². The van der Waals surface area contributed by atoms with E-state index in [0.717, 1.165) is 22.4 Å². The molecule has 3 aliphatic rings. The summed E-state index contributed by atoms with van der Waals surface area (Å²) < 4.78 is 0. The lowest BCUT2D eigenvalue weighted by atomic mass is 9.64. The van der Waals surface area contributed by atoms with E-state index in [0.29, 0.717) is 10.6 Å². The van der Waals surface area contributed by atoms with E-state index in [2.05, 4.69) is 16.4 Å². The fraction of sp³-hybridized carbons (Fsp3) is 0.161. The molecule has 5 heterocycles. The summed E-state index contributed by atoms with van der Waals surface area (Å²) in [5.41, 5.74) is 3.17. The number of nitrogens with one attached hydrogen (secondary N) is 1. The predicted molar refractivity (Wildman–Crippen MR) is 148 cm³/mol. The van der Waals surface area contributed by atoms with Crippen molar-refractivity contribution >= 4 is 45.8 Å². The average Bonchev–Trinajstić information content (AvgIpc) is 3.66. The second kappa shape index (κ2) is 8.33. The smallest absolute Gasteiger partial charge is 0.238 e. The maximum atomic E-state index is 14.5. The Morgan fingerprint density at radius 1 is 0.947 bits per heavy atom. The van der Waals surface area contributed by atoms with Gasteiger partial charge in [0.15, 0.2) is 11.6 Å². The third-order valence-corrected chi connectivity index (χ3v) is 9.00. The van der Waals surface area contributed by atoms with Crippen LogP contribution in [0.2, 0.25) is 0 Å². The van der Waals surface area contributed by atoms with Crippen molar-refractivity contribution in [2.45, 2.75) is 24.4 Å². The number of allylic oxidation sites excluding steroid dienone is 1. The van der Waals surface area contributed by atoms with Gasteiger partial charge in [-0.25, -0.2) is 0 Å². The van der Waals surface area contributed by atoms with Gasteiger partial charge in [-0.15, -0.1) is 11.3 Å². The summed E-state index contributed by atoms with van der Waals surface area (Å²) in [7, 11) is 0. The number of para-hydroxylation sites is 2. The third kappa shape index (κ3) is 2.93. The van der Waals surface area contributed by atoms with Crippen molar-refractivity contribution in [3.05, 3.63) is 118 Å². The second-order valence-corrected chi connectivity index (χ2v) is 10.9. The maximum Gasteiger partial charge on any atom is 0.238 e. The highest BCUT2D eigenvalue weighted by Gasteiger charge is 2.70. The van der Waals surface area contributed by atoms with Gasteiger partial charge < -0.3 is 10.2 Å². The summed E-state index contributed by atoms with van der Waals surface area (Å²) in [6, 6.07) is 22.8. The van der Waals surface area contributed by atoms with Crippen LogP contribution in [0.15, 0.2) is 96.5 Å². The Balaban J connectivity index is 1.57. The predicted octanol–water partition coefficient (Wildman–Crippen LogP) is 5.39. The van der Waals surface area contributed by atoms with Crippen LogP contribution in [0.3, 0.4) is 0 Å². The molecule has 0 bridgehead atoms. The van der Waals surface area contributed by atoms with Gasteiger partial charge in [0.05, 0.1) is 16.8 Å². The van der Waals surface area contributed by atoms with Crippen LogP contribution in [0, 0.1) is 5.92 Å². The first-order valence-corrected chi connectivity index (χ1v) is 13.4. The Kier molecular flexibility index (Phi) is 5.00. The fourth-order valence-corrected chi connectivity index (χ4v) is 7.32. The zero-order chi connectivity index (χ0) is 26.0. The Morgan fingerprint density at radius 2 is 1.74 bits per heavy atom. The van der Waals surface area contributed by atoms with Crippen LogP contribution in [0.5, 0.6) is 0 Å². The number of Topliss-reactive ketones (excluding diaryl/α,β-unsaturated/α-hetero) is 2. The van der Waals surface area contributed by atoms with Crippen molar-refractivity contribution in [1.29, 1.82) is 0 Å². The van der Waals surface area contributed by atoms with Gasteiger partial charge in [0, 0.05) is 23.1 Å². The number of nitrogens with zero attached hydrogens (tertiary/aromatic N) is 2. The van der Waals surface area contributed by atoms with Crippen molar-refractivity contribution < 1.29 is 14.4 Å². The molecule has 4 atom stereocenters. The van der Waals surface area contributed by atoms with Crippen LogP contribution in [0.4, 0.5) is 11.4 Å². The zero-order valence-corrected chi connectivity index (χ0v) is 21.3. The van der Waals surface area contributed by atoms with Gasteiger partial charge in [-0.1, -0.05) is 54.6 Å². The molecule has 2 aromatic heterocycles. The molecule has 1 fully saturated rings. The number of rotatable bonds is 4. The van der Waals surface area contributed by atoms with E-state index < -0.39 is 23.4 Å². The van der Waals surface area contributed by atoms with Crippen LogP contribution in [0.25, 0.3) is 5.57 Å². The molecule has 0 saturated carbocycles. The van der Waals surface area contributed by atoms with Crippen LogP contribution in [-0.2, 0) is 10.2 Å². The Morgan fingerprint density at radius 3 is 2.53 bits per heavy atom. The summed E-state index contributed by atoms with van der Waals surface area (Å²) in [4.78, 5) is 50.2. The summed E-state index contributed by atoms with van der Waals surface area (Å²) in [5, 5.41) is 4.91. The summed E-state index contributed by atoms with van der Waals surface area (Å²) >= 11 is 1.35. The van der Waals surface area contributed by atoms with Gasteiger partial charge in [-0.2, -0.15) is 0 Å². The molecule has 1 spiro atoms. The highest BCUT2D eigenvalue weighted by molar-refractivity contribution is 7.12. The molecule has 1 amide bonds. The third-order valence-electron chi connectivity index (χ3n) is 8.12. The minimum Gasteiger partial charge on any atom is -0.352 e. The molecule has 0 aliphatic carbocycles. The van der Waals surface area contributed by atoms with Gasteiger partial charge in [0.1, 0.15) is 17.2 Å². The topological polar surface area (TPSA) is 79.4 Å². The monoisotopic (exact) mass is 517 g/mol. The number of fused-ring (bicyclic) bond motifs is 6. The first-order chi connectivity index (χ1) is 18.5. The number of aromatic nitrogens is 1. The molecule has 7 heteroatoms. The van der Waals surface area contributed by atoms with Gasteiger partial charge in [-0.05, 0) is 53.8 Å². The van der Waals surface area contributed by atoms with Crippen molar-refractivity contribution in [3.63, 3.8) is 0 Å². The number of hydrogen-bond acceptors (Lipinski definition) is 6. The summed E-state index contributed by atoms with van der Waals surface area (Å²) in [6.07, 6.45) is 3.63. The molecule has 6 nitrogen and oxygen atoms in total. The number of thiophene rings is 1. The van der Waals surface area contributed by atoms with E-state index in [1.165, 1.54) is 11.3 Å². The number of hydrogen-bond donors (Lipinski definition) is 1. The molecule has 38 heavy (non-hydrogen) atoms. The number of benzene rings is 2. The quantitative estimate of drug-likeness (QED) is 0.367. The average molecular weight is 518 g/mol. The zero-order valence-electron chi connectivity index (χ0n) is 20.5. The molecule has 1 saturated heterocycles. The summed E-state index contributed by atoms with van der Waals surface area (Å²) in [6.45, 7) is 2.02. The minimum atomic E-state index is -1.32. The molecular weight excluding hydrogens is 494 g/mol. The van der Waals surface area contributed by atoms with Crippen molar-refractivity contribution in [1.82, 2.24) is 4.98 Å². The first kappa shape index (κ1) is 22.8. The number of amides is 1. The molecule has 0 unspecified atom stereocenters. The number of carbonyl (C=O) groups excluding carboxylic acids is 3. The number of pyridine rings is 1. The summed E-state index contributed by atoms with van der Waals surface area (Å²) in [5.74, 6) is -1.76. The van der Waals surface area contributed by atoms with E-state index >= 15 is 0 Å². The molecule has 1 N–H and O–H groups in total. The lowest BCUT2D eigenvalue weighted by Crippen LogP contribution is -2.51. The number of anilines is 2. The molecular formula is C31H23N3O3S. The molecule has 7 rings (SSSR count). The molecule has 2 aromatic carbocycles. The van der Waals surface area contributed by atoms with E-state index in [1.54, 1.807) is 30.5 Å². The Labute approximate surface area is 223 Å². The lowest BCUT2D eigenvalue weighted by Gasteiger charge is -2.39. The van der Waals surface area contributed by atoms with E-state index in [1.807, 2.05) is 71.8 Å². The maximum absolute atomic E-state index is 14.5. The van der Waals surface area contributed by atoms with Gasteiger partial charge in [0.25, 0.3) is 0 Å². The Hall–Kier alpha value is -4.36. The van der Waals surface area contributed by atoms with Crippen molar-refractivity contribution in [3.8, 4) is 0 Å². The van der Waals surface area contributed by atoms with Gasteiger partial charge in [-0.3, -0.25) is 19.4 Å². The largest absolute Gasteiger partial charge is 0.352 e. The first-order valence-electron chi connectivity index (χ1n) is 12.5. The number of ketones is 2. The molecule has 186 valence electrons. The molecule has 0 radical (unpaired) electrons. The normalized spacial score (nSPS) is 24.9. The van der Waals surface area contributed by atoms with Crippen LogP contribution in [0.1, 0.15) is 38.2 Å². The molecule has 4 aromatic rings. The highest BCUT2D eigenvalue weighted by Crippen LogP contribution is 2.58. The van der Waals surface area contributed by atoms with Crippen LogP contribution >= 0.6 is 11.3 Å². The molecule has 3 aliphatic heterocycles. The second-order valence-electron chi connectivity index (χ2n) is 9.93. The SMILES string of the molecule is CC1=C[C@@H]2N(c3ccccc31)[C@H](C(=O)c1cccs1)[C@H](C(=O)c1ccccn1)[C@]21C(=O)Nc2ccccc21. The van der Waals surface area contributed by atoms with Crippen molar-refractivity contribution in [2.24, 2.45) is 5.92 Å². The fourth-order valence-electron chi connectivity index (χ4n) is 6.62.